The molecule has 0 radical (unpaired) electrons. The zero-order valence-electron chi connectivity index (χ0n) is 11.4. The predicted molar refractivity (Wildman–Crippen MR) is 68.5 cm³/mol. The number of benzene rings is 1. The van der Waals surface area contributed by atoms with Crippen LogP contribution in [0.5, 0.6) is 5.75 Å². The number of ether oxygens (including phenoxy) is 1. The molecule has 8 heteroatoms. The molecule has 0 saturated heterocycles. The molecule has 0 amide bonds. The van der Waals surface area contributed by atoms with Gasteiger partial charge in [0.2, 0.25) is 0 Å². The first-order valence-corrected chi connectivity index (χ1v) is 5.98. The second-order valence-electron chi connectivity index (χ2n) is 4.22. The van der Waals surface area contributed by atoms with E-state index in [9.17, 15) is 17.3 Å². The molecule has 1 aromatic carbocycles. The van der Waals surface area contributed by atoms with Gasteiger partial charge < -0.3 is 17.7 Å². The molecule has 106 valence electrons. The number of hydrogen-bond donors (Lipinski definition) is 0. The van der Waals surface area contributed by atoms with Crippen LogP contribution in [0.2, 0.25) is 0 Å². The van der Waals surface area contributed by atoms with Crippen molar-refractivity contribution in [2.75, 3.05) is 6.61 Å². The van der Waals surface area contributed by atoms with E-state index in [4.69, 9.17) is 4.74 Å². The Morgan fingerprint density at radius 1 is 1.14 bits per heavy atom. The molecule has 2 aromatic rings. The summed E-state index contributed by atoms with van der Waals surface area (Å²) in [5, 5.41) is 0. The minimum absolute atomic E-state index is 0. The molecule has 2 nitrogen and oxygen atoms in total. The topological polar surface area (TPSA) is 22.1 Å². The average Bonchev–Trinajstić information content (AvgIpc) is 2.38. The quantitative estimate of drug-likeness (QED) is 0.566. The summed E-state index contributed by atoms with van der Waals surface area (Å²) in [5.74, 6) is -1.23. The van der Waals surface area contributed by atoms with Crippen LogP contribution in [0.15, 0.2) is 42.7 Å². The van der Waals surface area contributed by atoms with E-state index in [-0.39, 0.29) is 58.0 Å². The number of aromatic nitrogens is 1. The number of halogens is 4. The third-order valence-corrected chi connectivity index (χ3v) is 2.70. The molecule has 0 aliphatic rings. The summed E-state index contributed by atoms with van der Waals surface area (Å²) in [6, 6.07) is 5.75. The minimum atomic E-state index is -5.23. The normalized spacial score (nSPS) is 10.9. The van der Waals surface area contributed by atoms with E-state index in [1.807, 2.05) is 0 Å². The number of rotatable bonds is 5. The number of nitrogens with zero attached hydrogens (tertiary/aromatic N) is 1. The molecular formula is C13H11BF4KNO. The minimum Gasteiger partial charge on any atom is -0.496 e. The molecule has 1 aromatic heterocycles. The predicted octanol–water partition coefficient (Wildman–Crippen LogP) is -0.0994. The van der Waals surface area contributed by atoms with Crippen molar-refractivity contribution in [1.29, 1.82) is 0 Å². The molecule has 0 aliphatic heterocycles. The largest absolute Gasteiger partial charge is 1.00 e. The Morgan fingerprint density at radius 3 is 2.52 bits per heavy atom. The second kappa shape index (κ2) is 8.28. The van der Waals surface area contributed by atoms with Crippen LogP contribution in [0.3, 0.4) is 0 Å². The molecule has 21 heavy (non-hydrogen) atoms. The van der Waals surface area contributed by atoms with Crippen LogP contribution < -0.4 is 61.6 Å². The van der Waals surface area contributed by atoms with Crippen LogP contribution in [0.1, 0.15) is 5.56 Å². The molecule has 0 unspecified atom stereocenters. The van der Waals surface area contributed by atoms with E-state index >= 15 is 0 Å². The van der Waals surface area contributed by atoms with Crippen LogP contribution in [0, 0.1) is 5.82 Å². The van der Waals surface area contributed by atoms with Gasteiger partial charge in [0.1, 0.15) is 5.82 Å². The summed E-state index contributed by atoms with van der Waals surface area (Å²) < 4.78 is 56.5. The van der Waals surface area contributed by atoms with Gasteiger partial charge in [-0.05, 0) is 17.7 Å². The first-order valence-electron chi connectivity index (χ1n) is 5.98. The molecule has 0 N–H and O–H groups in total. The van der Waals surface area contributed by atoms with Gasteiger partial charge >= 0.3 is 58.4 Å². The summed E-state index contributed by atoms with van der Waals surface area (Å²) in [5.41, 5.74) is -0.0828. The van der Waals surface area contributed by atoms with Crippen LogP contribution in [-0.4, -0.2) is 18.6 Å². The van der Waals surface area contributed by atoms with Gasteiger partial charge in [0, 0.05) is 24.9 Å². The van der Waals surface area contributed by atoms with E-state index in [1.54, 1.807) is 24.5 Å². The monoisotopic (exact) mass is 323 g/mol. The van der Waals surface area contributed by atoms with Crippen LogP contribution in [0.25, 0.3) is 0 Å². The maximum Gasteiger partial charge on any atom is 1.00 e. The zero-order chi connectivity index (χ0) is 14.6. The summed E-state index contributed by atoms with van der Waals surface area (Å²) in [6.07, 6.45) is 3.60. The average molecular weight is 323 g/mol. The summed E-state index contributed by atoms with van der Waals surface area (Å²) in [7, 11) is 0. The molecule has 2 rings (SSSR count). The Bertz CT molecular complexity index is 580. The SMILES string of the molecule is Fc1ccc([B-](F)(F)F)c(OCCc2cccnc2)c1.[K+]. The van der Waals surface area contributed by atoms with E-state index in [1.165, 1.54) is 0 Å². The maximum atomic E-state index is 13.0. The summed E-state index contributed by atoms with van der Waals surface area (Å²) >= 11 is 0. The van der Waals surface area contributed by atoms with Crippen molar-refractivity contribution in [3.63, 3.8) is 0 Å². The Kier molecular flexibility index (Phi) is 7.35. The van der Waals surface area contributed by atoms with Gasteiger partial charge in [0.05, 0.1) is 12.4 Å². The molecule has 0 fully saturated rings. The van der Waals surface area contributed by atoms with Crippen LogP contribution in [-0.2, 0) is 6.42 Å². The Labute approximate surface area is 162 Å². The Balaban J connectivity index is 0.00000220. The number of pyridine rings is 1. The van der Waals surface area contributed by atoms with Crippen molar-refractivity contribution in [1.82, 2.24) is 4.98 Å². The van der Waals surface area contributed by atoms with Gasteiger partial charge in [0.15, 0.2) is 0 Å². The van der Waals surface area contributed by atoms with Gasteiger partial charge in [-0.1, -0.05) is 17.6 Å². The van der Waals surface area contributed by atoms with E-state index in [2.05, 4.69) is 4.98 Å². The molecule has 0 saturated carbocycles. The summed E-state index contributed by atoms with van der Waals surface area (Å²) in [4.78, 5) is 3.89. The van der Waals surface area contributed by atoms with Gasteiger partial charge in [-0.15, -0.1) is 0 Å². The van der Waals surface area contributed by atoms with E-state index in [0.29, 0.717) is 12.5 Å². The standard InChI is InChI=1S/C13H11BF4NO.K/c15-11-3-4-12(14(16,17)18)13(8-11)20-7-5-10-2-1-6-19-9-10;/h1-4,6,8-9H,5,7H2;/q-1;+1. The fourth-order valence-corrected chi connectivity index (χ4v) is 1.73. The second-order valence-corrected chi connectivity index (χ2v) is 4.22. The van der Waals surface area contributed by atoms with E-state index in [0.717, 1.165) is 17.7 Å². The third-order valence-electron chi connectivity index (χ3n) is 2.70. The van der Waals surface area contributed by atoms with E-state index < -0.39 is 24.0 Å². The summed E-state index contributed by atoms with van der Waals surface area (Å²) in [6.45, 7) is -5.21. The molecule has 1 heterocycles. The zero-order valence-corrected chi connectivity index (χ0v) is 14.5. The Morgan fingerprint density at radius 2 is 1.90 bits per heavy atom. The van der Waals surface area contributed by atoms with Crippen LogP contribution in [0.4, 0.5) is 17.3 Å². The van der Waals surface area contributed by atoms with Gasteiger partial charge in [-0.3, -0.25) is 4.98 Å². The molecule has 0 spiro atoms. The fraction of sp³-hybridized carbons (Fsp3) is 0.154. The van der Waals surface area contributed by atoms with Gasteiger partial charge in [-0.25, -0.2) is 4.39 Å². The first-order chi connectivity index (χ1) is 9.47. The van der Waals surface area contributed by atoms with Crippen molar-refractivity contribution in [2.45, 2.75) is 6.42 Å². The van der Waals surface area contributed by atoms with Crippen molar-refractivity contribution >= 4 is 12.4 Å². The first kappa shape index (κ1) is 18.6. The third kappa shape index (κ3) is 5.71. The molecule has 0 bridgehead atoms. The Hall–Kier alpha value is -0.409. The van der Waals surface area contributed by atoms with Crippen molar-refractivity contribution in [3.05, 3.63) is 54.1 Å². The molecule has 0 atom stereocenters. The van der Waals surface area contributed by atoms with Gasteiger partial charge in [-0.2, -0.15) is 0 Å². The molecular weight excluding hydrogens is 312 g/mol. The smallest absolute Gasteiger partial charge is 0.496 e. The van der Waals surface area contributed by atoms with Crippen molar-refractivity contribution in [3.8, 4) is 5.75 Å². The van der Waals surface area contributed by atoms with Crippen molar-refractivity contribution < 1.29 is 73.5 Å². The van der Waals surface area contributed by atoms with Gasteiger partial charge in [0.25, 0.3) is 0 Å². The van der Waals surface area contributed by atoms with Crippen LogP contribution >= 0.6 is 0 Å². The fourth-order valence-electron chi connectivity index (χ4n) is 1.73. The number of hydrogen-bond acceptors (Lipinski definition) is 2. The van der Waals surface area contributed by atoms with Crippen molar-refractivity contribution in [2.24, 2.45) is 0 Å². The maximum absolute atomic E-state index is 13.0. The molecule has 0 aliphatic carbocycles.